The number of nitrogens with one attached hydrogen (secondary N) is 2. The van der Waals surface area contributed by atoms with Gasteiger partial charge in [0.25, 0.3) is 5.91 Å². The highest BCUT2D eigenvalue weighted by molar-refractivity contribution is 5.85. The van der Waals surface area contributed by atoms with Gasteiger partial charge in [-0.05, 0) is 43.7 Å². The summed E-state index contributed by atoms with van der Waals surface area (Å²) in [6.45, 7) is 11.2. The number of carbonyl (C=O) groups is 1. The number of halogens is 1. The van der Waals surface area contributed by atoms with Crippen molar-refractivity contribution in [3.8, 4) is 0 Å². The number of ether oxygens (including phenoxy) is 1. The Balaban J connectivity index is 0.00000361. The molecule has 1 rings (SSSR count). The first-order valence-electron chi connectivity index (χ1n) is 7.35. The van der Waals surface area contributed by atoms with Crippen molar-refractivity contribution in [2.75, 3.05) is 26.7 Å². The lowest BCUT2D eigenvalue weighted by Gasteiger charge is -2.36. The van der Waals surface area contributed by atoms with E-state index in [2.05, 4.69) is 38.3 Å². The second-order valence-corrected chi connectivity index (χ2v) is 6.89. The van der Waals surface area contributed by atoms with Gasteiger partial charge in [-0.15, -0.1) is 12.4 Å². The quantitative estimate of drug-likeness (QED) is 0.792. The van der Waals surface area contributed by atoms with Crippen LogP contribution in [0.2, 0.25) is 0 Å². The number of hydrogen-bond acceptors (Lipinski definition) is 3. The fraction of sp³-hybridized carbons (Fsp3) is 0.933. The monoisotopic (exact) mass is 306 g/mol. The van der Waals surface area contributed by atoms with Gasteiger partial charge < -0.3 is 15.4 Å². The van der Waals surface area contributed by atoms with E-state index in [0.717, 1.165) is 32.4 Å². The predicted octanol–water partition coefficient (Wildman–Crippen LogP) is 2.37. The summed E-state index contributed by atoms with van der Waals surface area (Å²) in [4.78, 5) is 12.4. The largest absolute Gasteiger partial charge is 0.368 e. The van der Waals surface area contributed by atoms with Crippen LogP contribution in [0.4, 0.5) is 0 Å². The van der Waals surface area contributed by atoms with Gasteiger partial charge in [-0.25, -0.2) is 0 Å². The van der Waals surface area contributed by atoms with Gasteiger partial charge in [0.2, 0.25) is 0 Å². The maximum absolute atomic E-state index is 12.4. The van der Waals surface area contributed by atoms with Gasteiger partial charge in [-0.1, -0.05) is 27.7 Å². The summed E-state index contributed by atoms with van der Waals surface area (Å²) in [5.74, 6) is 0.690. The molecule has 1 saturated heterocycles. The summed E-state index contributed by atoms with van der Waals surface area (Å²) in [5.41, 5.74) is -0.495. The first-order valence-corrected chi connectivity index (χ1v) is 7.35. The standard InChI is InChI=1S/C15H30N2O2.ClH/c1-12(2)10-14(3,4)11-17-13(18)15(19-5)6-8-16-9-7-15;/h12,16H,6-11H2,1-5H3,(H,17,18);1H. The Hall–Kier alpha value is -0.320. The zero-order valence-corrected chi connectivity index (χ0v) is 14.4. The molecule has 1 aliphatic heterocycles. The number of amides is 1. The second-order valence-electron chi connectivity index (χ2n) is 6.89. The van der Waals surface area contributed by atoms with Crippen molar-refractivity contribution in [2.45, 2.75) is 52.6 Å². The summed E-state index contributed by atoms with van der Waals surface area (Å²) in [5, 5.41) is 6.37. The lowest BCUT2D eigenvalue weighted by atomic mass is 9.83. The topological polar surface area (TPSA) is 50.4 Å². The third-order valence-electron chi connectivity index (χ3n) is 3.90. The minimum atomic E-state index is -0.626. The molecule has 2 N–H and O–H groups in total. The van der Waals surface area contributed by atoms with E-state index in [-0.39, 0.29) is 23.7 Å². The van der Waals surface area contributed by atoms with Crippen LogP contribution in [0.5, 0.6) is 0 Å². The van der Waals surface area contributed by atoms with Crippen LogP contribution in [-0.4, -0.2) is 38.3 Å². The molecule has 1 amide bonds. The number of carbonyl (C=O) groups excluding carboxylic acids is 1. The lowest BCUT2D eigenvalue weighted by Crippen LogP contribution is -2.55. The van der Waals surface area contributed by atoms with E-state index in [1.54, 1.807) is 7.11 Å². The fourth-order valence-electron chi connectivity index (χ4n) is 3.01. The normalized spacial score (nSPS) is 18.5. The van der Waals surface area contributed by atoms with Crippen LogP contribution >= 0.6 is 12.4 Å². The zero-order chi connectivity index (χ0) is 14.5. The van der Waals surface area contributed by atoms with E-state index in [0.29, 0.717) is 12.5 Å². The van der Waals surface area contributed by atoms with Gasteiger partial charge in [0, 0.05) is 13.7 Å². The van der Waals surface area contributed by atoms with Crippen molar-refractivity contribution >= 4 is 18.3 Å². The Labute approximate surface area is 129 Å². The van der Waals surface area contributed by atoms with Crippen molar-refractivity contribution in [3.05, 3.63) is 0 Å². The van der Waals surface area contributed by atoms with Crippen molar-refractivity contribution in [3.63, 3.8) is 0 Å². The molecule has 4 nitrogen and oxygen atoms in total. The minimum absolute atomic E-state index is 0. The summed E-state index contributed by atoms with van der Waals surface area (Å²) >= 11 is 0. The maximum Gasteiger partial charge on any atom is 0.252 e. The highest BCUT2D eigenvalue weighted by Gasteiger charge is 2.40. The SMILES string of the molecule is COC1(C(=O)NCC(C)(C)CC(C)C)CCNCC1.Cl. The molecule has 1 fully saturated rings. The van der Waals surface area contributed by atoms with Gasteiger partial charge in [0.05, 0.1) is 0 Å². The minimum Gasteiger partial charge on any atom is -0.368 e. The molecule has 1 aliphatic rings. The van der Waals surface area contributed by atoms with Crippen LogP contribution < -0.4 is 10.6 Å². The van der Waals surface area contributed by atoms with Crippen molar-refractivity contribution < 1.29 is 9.53 Å². The molecule has 0 saturated carbocycles. The number of hydrogen-bond donors (Lipinski definition) is 2. The summed E-state index contributed by atoms with van der Waals surface area (Å²) in [6, 6.07) is 0. The molecule has 120 valence electrons. The van der Waals surface area contributed by atoms with Gasteiger partial charge in [-0.2, -0.15) is 0 Å². The van der Waals surface area contributed by atoms with Gasteiger partial charge in [-0.3, -0.25) is 4.79 Å². The van der Waals surface area contributed by atoms with Crippen LogP contribution in [0.3, 0.4) is 0 Å². The molecule has 0 unspecified atom stereocenters. The smallest absolute Gasteiger partial charge is 0.252 e. The van der Waals surface area contributed by atoms with E-state index in [1.165, 1.54) is 0 Å². The zero-order valence-electron chi connectivity index (χ0n) is 13.5. The molecule has 0 aromatic heterocycles. The van der Waals surface area contributed by atoms with Crippen LogP contribution in [0.1, 0.15) is 47.0 Å². The molecule has 20 heavy (non-hydrogen) atoms. The predicted molar refractivity (Wildman–Crippen MR) is 85.3 cm³/mol. The maximum atomic E-state index is 12.4. The molecule has 0 atom stereocenters. The fourth-order valence-corrected chi connectivity index (χ4v) is 3.01. The molecule has 0 bridgehead atoms. The van der Waals surface area contributed by atoms with E-state index >= 15 is 0 Å². The van der Waals surface area contributed by atoms with Crippen molar-refractivity contribution in [1.29, 1.82) is 0 Å². The lowest BCUT2D eigenvalue weighted by molar-refractivity contribution is -0.147. The van der Waals surface area contributed by atoms with E-state index in [4.69, 9.17) is 4.74 Å². The highest BCUT2D eigenvalue weighted by Crippen LogP contribution is 2.26. The summed E-state index contributed by atoms with van der Waals surface area (Å²) in [6.07, 6.45) is 2.61. The number of piperidine rings is 1. The van der Waals surface area contributed by atoms with Crippen LogP contribution in [0, 0.1) is 11.3 Å². The molecule has 0 aromatic rings. The van der Waals surface area contributed by atoms with Crippen molar-refractivity contribution in [2.24, 2.45) is 11.3 Å². The van der Waals surface area contributed by atoms with Gasteiger partial charge in [0.15, 0.2) is 0 Å². The number of methoxy groups -OCH3 is 1. The first kappa shape index (κ1) is 19.7. The molecule has 0 aliphatic carbocycles. The molecule has 0 aromatic carbocycles. The Morgan fingerprint density at radius 1 is 1.35 bits per heavy atom. The average Bonchev–Trinajstić information content (AvgIpc) is 2.35. The van der Waals surface area contributed by atoms with Gasteiger partial charge >= 0.3 is 0 Å². The van der Waals surface area contributed by atoms with E-state index < -0.39 is 5.60 Å². The molecule has 1 heterocycles. The van der Waals surface area contributed by atoms with Crippen LogP contribution in [-0.2, 0) is 9.53 Å². The molecule has 5 heteroatoms. The van der Waals surface area contributed by atoms with E-state index in [1.807, 2.05) is 0 Å². The summed E-state index contributed by atoms with van der Waals surface area (Å²) in [7, 11) is 1.64. The molecular weight excluding hydrogens is 276 g/mol. The molecular formula is C15H31ClN2O2. The third-order valence-corrected chi connectivity index (χ3v) is 3.90. The van der Waals surface area contributed by atoms with Gasteiger partial charge in [0.1, 0.15) is 5.60 Å². The Bertz CT molecular complexity index is 300. The third kappa shape index (κ3) is 5.58. The Kier molecular flexibility index (Phi) is 8.07. The Morgan fingerprint density at radius 3 is 2.35 bits per heavy atom. The van der Waals surface area contributed by atoms with Crippen LogP contribution in [0.15, 0.2) is 0 Å². The molecule has 0 radical (unpaired) electrons. The first-order chi connectivity index (χ1) is 8.81. The van der Waals surface area contributed by atoms with Crippen LogP contribution in [0.25, 0.3) is 0 Å². The second kappa shape index (κ2) is 8.20. The highest BCUT2D eigenvalue weighted by atomic mass is 35.5. The molecule has 0 spiro atoms. The average molecular weight is 307 g/mol. The van der Waals surface area contributed by atoms with Crippen molar-refractivity contribution in [1.82, 2.24) is 10.6 Å². The van der Waals surface area contributed by atoms with E-state index in [9.17, 15) is 4.79 Å². The summed E-state index contributed by atoms with van der Waals surface area (Å²) < 4.78 is 5.53. The Morgan fingerprint density at radius 2 is 1.90 bits per heavy atom. The number of rotatable bonds is 6.